The maximum absolute atomic E-state index is 14.1. The van der Waals surface area contributed by atoms with E-state index in [1.807, 2.05) is 14.1 Å². The number of carbonyl (C=O) groups excluding carboxylic acids is 2. The molecular formula is C23H28FN5O3. The fraction of sp³-hybridized carbons (Fsp3) is 0.391. The van der Waals surface area contributed by atoms with Gasteiger partial charge in [-0.3, -0.25) is 9.59 Å². The SMILES string of the molecule is CN(C)CC(=O)N[C@@H](CCCCCC(=O)c1ccon1)c1nc(-c2ccccc2F)c[nH]1. The van der Waals surface area contributed by atoms with Gasteiger partial charge in [0.1, 0.15) is 23.6 Å². The number of hydrogen-bond acceptors (Lipinski definition) is 6. The van der Waals surface area contributed by atoms with Crippen LogP contribution < -0.4 is 5.32 Å². The summed E-state index contributed by atoms with van der Waals surface area (Å²) < 4.78 is 18.8. The molecular weight excluding hydrogens is 413 g/mol. The highest BCUT2D eigenvalue weighted by Crippen LogP contribution is 2.24. The molecule has 0 saturated carbocycles. The van der Waals surface area contributed by atoms with Gasteiger partial charge in [-0.15, -0.1) is 0 Å². The third-order valence-corrected chi connectivity index (χ3v) is 4.99. The number of H-pyrrole nitrogens is 1. The Labute approximate surface area is 186 Å². The molecule has 0 bridgehead atoms. The van der Waals surface area contributed by atoms with Crippen molar-refractivity contribution in [3.8, 4) is 11.3 Å². The number of nitrogens with one attached hydrogen (secondary N) is 2. The van der Waals surface area contributed by atoms with Crippen LogP contribution in [0.3, 0.4) is 0 Å². The minimum atomic E-state index is -0.351. The van der Waals surface area contributed by atoms with E-state index in [1.54, 1.807) is 35.4 Å². The predicted molar refractivity (Wildman–Crippen MR) is 117 cm³/mol. The number of rotatable bonds is 12. The zero-order valence-electron chi connectivity index (χ0n) is 18.3. The first-order chi connectivity index (χ1) is 15.4. The number of nitrogens with zero attached hydrogens (tertiary/aromatic N) is 3. The predicted octanol–water partition coefficient (Wildman–Crippen LogP) is 3.76. The van der Waals surface area contributed by atoms with Crippen LogP contribution in [0.5, 0.6) is 0 Å². The molecule has 2 N–H and O–H groups in total. The number of aromatic nitrogens is 3. The average Bonchev–Trinajstić information content (AvgIpc) is 3.45. The first-order valence-electron chi connectivity index (χ1n) is 10.6. The van der Waals surface area contributed by atoms with Crippen LogP contribution in [-0.4, -0.2) is 52.4 Å². The summed E-state index contributed by atoms with van der Waals surface area (Å²) in [5.41, 5.74) is 1.23. The maximum atomic E-state index is 14.1. The molecule has 1 aromatic carbocycles. The van der Waals surface area contributed by atoms with E-state index >= 15 is 0 Å². The summed E-state index contributed by atoms with van der Waals surface area (Å²) in [6.07, 6.45) is 6.37. The van der Waals surface area contributed by atoms with Crippen LogP contribution in [0.2, 0.25) is 0 Å². The second-order valence-corrected chi connectivity index (χ2v) is 7.92. The minimum absolute atomic E-state index is 0.0462. The Bertz CT molecular complexity index is 1020. The smallest absolute Gasteiger partial charge is 0.234 e. The molecule has 0 aliphatic carbocycles. The van der Waals surface area contributed by atoms with Crippen LogP contribution in [-0.2, 0) is 4.79 Å². The monoisotopic (exact) mass is 441 g/mol. The topological polar surface area (TPSA) is 104 Å². The van der Waals surface area contributed by atoms with Crippen molar-refractivity contribution in [3.63, 3.8) is 0 Å². The highest BCUT2D eigenvalue weighted by molar-refractivity contribution is 5.93. The minimum Gasteiger partial charge on any atom is -0.364 e. The molecule has 0 spiro atoms. The molecule has 3 aromatic rings. The number of amides is 1. The van der Waals surface area contributed by atoms with Crippen LogP contribution in [0.1, 0.15) is 54.5 Å². The number of hydrogen-bond donors (Lipinski definition) is 2. The molecule has 32 heavy (non-hydrogen) atoms. The van der Waals surface area contributed by atoms with Gasteiger partial charge in [0, 0.05) is 24.2 Å². The molecule has 170 valence electrons. The third-order valence-electron chi connectivity index (χ3n) is 4.99. The number of Topliss-reactive ketones (excluding diaryl/α,β-unsaturated/α-hetero) is 1. The lowest BCUT2D eigenvalue weighted by Gasteiger charge is -2.18. The van der Waals surface area contributed by atoms with E-state index in [1.165, 1.54) is 12.3 Å². The lowest BCUT2D eigenvalue weighted by Crippen LogP contribution is -2.36. The molecule has 0 saturated heterocycles. The van der Waals surface area contributed by atoms with E-state index in [9.17, 15) is 14.0 Å². The molecule has 1 atom stereocenters. The normalized spacial score (nSPS) is 12.1. The number of unbranched alkanes of at least 4 members (excludes halogenated alkanes) is 2. The van der Waals surface area contributed by atoms with Crippen molar-refractivity contribution >= 4 is 11.7 Å². The first-order valence-corrected chi connectivity index (χ1v) is 10.6. The first kappa shape index (κ1) is 23.3. The summed E-state index contributed by atoms with van der Waals surface area (Å²) >= 11 is 0. The van der Waals surface area contributed by atoms with Crippen LogP contribution in [0.15, 0.2) is 47.3 Å². The van der Waals surface area contributed by atoms with Crippen molar-refractivity contribution < 1.29 is 18.5 Å². The molecule has 3 rings (SSSR count). The van der Waals surface area contributed by atoms with E-state index in [0.717, 1.165) is 12.8 Å². The summed E-state index contributed by atoms with van der Waals surface area (Å²) in [6, 6.07) is 7.66. The zero-order valence-corrected chi connectivity index (χ0v) is 18.3. The van der Waals surface area contributed by atoms with Crippen LogP contribution >= 0.6 is 0 Å². The van der Waals surface area contributed by atoms with E-state index in [4.69, 9.17) is 4.52 Å². The van der Waals surface area contributed by atoms with Crippen molar-refractivity contribution in [3.05, 3.63) is 60.1 Å². The fourth-order valence-electron chi connectivity index (χ4n) is 3.42. The van der Waals surface area contributed by atoms with Gasteiger partial charge in [-0.25, -0.2) is 9.37 Å². The number of benzene rings is 1. The number of halogens is 1. The van der Waals surface area contributed by atoms with E-state index in [-0.39, 0.29) is 30.1 Å². The van der Waals surface area contributed by atoms with Crippen molar-refractivity contribution in [2.24, 2.45) is 0 Å². The Morgan fingerprint density at radius 1 is 1.19 bits per heavy atom. The van der Waals surface area contributed by atoms with Crippen molar-refractivity contribution in [1.29, 1.82) is 0 Å². The largest absolute Gasteiger partial charge is 0.364 e. The third kappa shape index (κ3) is 6.58. The molecule has 0 aliphatic rings. The summed E-state index contributed by atoms with van der Waals surface area (Å²) in [5, 5.41) is 6.67. The van der Waals surface area contributed by atoms with Crippen molar-refractivity contribution in [2.45, 2.75) is 38.1 Å². The highest BCUT2D eigenvalue weighted by atomic mass is 19.1. The summed E-state index contributed by atoms with van der Waals surface area (Å²) in [4.78, 5) is 33.8. The molecule has 0 fully saturated rings. The molecule has 8 nitrogen and oxygen atoms in total. The number of ketones is 1. The molecule has 2 heterocycles. The van der Waals surface area contributed by atoms with Gasteiger partial charge in [-0.05, 0) is 39.1 Å². The van der Waals surface area contributed by atoms with Gasteiger partial charge in [0.25, 0.3) is 0 Å². The van der Waals surface area contributed by atoms with Gasteiger partial charge >= 0.3 is 0 Å². The summed E-state index contributed by atoms with van der Waals surface area (Å²) in [7, 11) is 3.65. The molecule has 1 amide bonds. The number of likely N-dealkylation sites (N-methyl/N-ethyl adjacent to an activating group) is 1. The Morgan fingerprint density at radius 3 is 2.72 bits per heavy atom. The Morgan fingerprint density at radius 2 is 2.00 bits per heavy atom. The second-order valence-electron chi connectivity index (χ2n) is 7.92. The standard InChI is InChI=1S/C23H28FN5O3/c1-29(2)15-22(31)26-19(10-4-3-5-11-21(30)18-12-13-32-28-18)23-25-14-20(27-23)16-8-6-7-9-17(16)24/h6-9,12-14,19H,3-5,10-11,15H2,1-2H3,(H,25,27)(H,26,31)/t19-/m0/s1. The van der Waals surface area contributed by atoms with Gasteiger partial charge in [-0.2, -0.15) is 0 Å². The van der Waals surface area contributed by atoms with Crippen molar-refractivity contribution in [1.82, 2.24) is 25.3 Å². The van der Waals surface area contributed by atoms with Gasteiger partial charge in [0.2, 0.25) is 5.91 Å². The lowest BCUT2D eigenvalue weighted by atomic mass is 10.0. The van der Waals surface area contributed by atoms with Gasteiger partial charge in [0.05, 0.1) is 18.3 Å². The number of aromatic amines is 1. The quantitative estimate of drug-likeness (QED) is 0.328. The summed E-state index contributed by atoms with van der Waals surface area (Å²) in [6.45, 7) is 0.254. The zero-order chi connectivity index (χ0) is 22.9. The molecule has 0 radical (unpaired) electrons. The van der Waals surface area contributed by atoms with Gasteiger partial charge in [-0.1, -0.05) is 30.1 Å². The number of carbonyl (C=O) groups is 2. The van der Waals surface area contributed by atoms with Crippen LogP contribution in [0, 0.1) is 5.82 Å². The van der Waals surface area contributed by atoms with Gasteiger partial charge < -0.3 is 19.7 Å². The highest BCUT2D eigenvalue weighted by Gasteiger charge is 2.19. The van der Waals surface area contributed by atoms with Crippen LogP contribution in [0.25, 0.3) is 11.3 Å². The van der Waals surface area contributed by atoms with Crippen LogP contribution in [0.4, 0.5) is 4.39 Å². The van der Waals surface area contributed by atoms with Gasteiger partial charge in [0.15, 0.2) is 5.78 Å². The molecule has 0 unspecified atom stereocenters. The lowest BCUT2D eigenvalue weighted by molar-refractivity contribution is -0.122. The van der Waals surface area contributed by atoms with E-state index < -0.39 is 0 Å². The van der Waals surface area contributed by atoms with Crippen molar-refractivity contribution in [2.75, 3.05) is 20.6 Å². The Balaban J connectivity index is 1.60. The molecule has 2 aromatic heterocycles. The Kier molecular flexibility index (Phi) is 8.27. The molecule has 9 heteroatoms. The number of imidazole rings is 1. The maximum Gasteiger partial charge on any atom is 0.234 e. The Hall–Kier alpha value is -3.33. The summed E-state index contributed by atoms with van der Waals surface area (Å²) in [5.74, 6) is 0.0600. The van der Waals surface area contributed by atoms with E-state index in [0.29, 0.717) is 42.0 Å². The molecule has 0 aliphatic heterocycles. The van der Waals surface area contributed by atoms with E-state index in [2.05, 4.69) is 20.4 Å². The fourth-order valence-corrected chi connectivity index (χ4v) is 3.42. The average molecular weight is 442 g/mol. The second kappa shape index (κ2) is 11.3.